The largest absolute Gasteiger partial charge is 0.398 e. The summed E-state index contributed by atoms with van der Waals surface area (Å²) >= 11 is 9.32. The average Bonchev–Trinajstić information content (AvgIpc) is 2.42. The molecule has 1 atom stereocenters. The Balaban J connectivity index is 2.15. The Morgan fingerprint density at radius 2 is 2.00 bits per heavy atom. The summed E-state index contributed by atoms with van der Waals surface area (Å²) in [5.41, 5.74) is 7.61. The van der Waals surface area contributed by atoms with Crippen LogP contribution in [-0.4, -0.2) is 5.91 Å². The van der Waals surface area contributed by atoms with Crippen LogP contribution in [0.3, 0.4) is 0 Å². The highest BCUT2D eigenvalue weighted by atomic mass is 79.9. The minimum absolute atomic E-state index is 0.116. The van der Waals surface area contributed by atoms with Gasteiger partial charge in [0.1, 0.15) is 0 Å². The fraction of sp³-hybridized carbons (Fsp3) is 0.133. The van der Waals surface area contributed by atoms with Gasteiger partial charge in [-0.3, -0.25) is 4.79 Å². The first-order valence-electron chi connectivity index (χ1n) is 6.09. The van der Waals surface area contributed by atoms with Crippen molar-refractivity contribution < 1.29 is 4.79 Å². The molecular formula is C15H14BrClN2O. The van der Waals surface area contributed by atoms with Crippen molar-refractivity contribution in [2.45, 2.75) is 13.0 Å². The number of hydrogen-bond donors (Lipinski definition) is 2. The van der Waals surface area contributed by atoms with Crippen molar-refractivity contribution in [2.75, 3.05) is 5.73 Å². The number of amides is 1. The predicted molar refractivity (Wildman–Crippen MR) is 85.9 cm³/mol. The average molecular weight is 354 g/mol. The smallest absolute Gasteiger partial charge is 0.251 e. The summed E-state index contributed by atoms with van der Waals surface area (Å²) in [6, 6.07) is 12.5. The van der Waals surface area contributed by atoms with Crippen LogP contribution in [0.4, 0.5) is 5.69 Å². The fourth-order valence-electron chi connectivity index (χ4n) is 1.87. The molecule has 0 saturated heterocycles. The summed E-state index contributed by atoms with van der Waals surface area (Å²) < 4.78 is 0.962. The molecule has 0 fully saturated rings. The van der Waals surface area contributed by atoms with Gasteiger partial charge in [-0.1, -0.05) is 45.7 Å². The Kier molecular flexibility index (Phi) is 4.68. The summed E-state index contributed by atoms with van der Waals surface area (Å²) in [6.45, 7) is 1.93. The summed E-state index contributed by atoms with van der Waals surface area (Å²) in [7, 11) is 0. The van der Waals surface area contributed by atoms with E-state index in [1.165, 1.54) is 0 Å². The molecule has 0 heterocycles. The molecule has 1 unspecified atom stereocenters. The van der Waals surface area contributed by atoms with Crippen LogP contribution in [0.2, 0.25) is 5.02 Å². The van der Waals surface area contributed by atoms with Gasteiger partial charge in [-0.05, 0) is 36.8 Å². The third-order valence-corrected chi connectivity index (χ3v) is 4.04. The van der Waals surface area contributed by atoms with Crippen LogP contribution in [0, 0.1) is 0 Å². The quantitative estimate of drug-likeness (QED) is 0.813. The molecule has 20 heavy (non-hydrogen) atoms. The number of hydrogen-bond acceptors (Lipinski definition) is 2. The van der Waals surface area contributed by atoms with Gasteiger partial charge in [-0.15, -0.1) is 0 Å². The van der Waals surface area contributed by atoms with E-state index in [4.69, 9.17) is 17.3 Å². The fourth-order valence-corrected chi connectivity index (χ4v) is 2.61. The molecule has 0 radical (unpaired) electrons. The van der Waals surface area contributed by atoms with Crippen molar-refractivity contribution in [1.29, 1.82) is 0 Å². The van der Waals surface area contributed by atoms with Crippen molar-refractivity contribution in [2.24, 2.45) is 0 Å². The highest BCUT2D eigenvalue weighted by Gasteiger charge is 2.14. The van der Waals surface area contributed by atoms with Crippen molar-refractivity contribution in [1.82, 2.24) is 5.32 Å². The number of carbonyl (C=O) groups is 1. The number of benzene rings is 2. The van der Waals surface area contributed by atoms with Gasteiger partial charge in [0, 0.05) is 10.0 Å². The second-order valence-corrected chi connectivity index (χ2v) is 5.71. The topological polar surface area (TPSA) is 55.1 Å². The number of halogens is 2. The highest BCUT2D eigenvalue weighted by molar-refractivity contribution is 9.10. The van der Waals surface area contributed by atoms with Crippen molar-refractivity contribution in [3.63, 3.8) is 0 Å². The summed E-state index contributed by atoms with van der Waals surface area (Å²) in [4.78, 5) is 12.2. The van der Waals surface area contributed by atoms with Crippen LogP contribution in [0.15, 0.2) is 46.9 Å². The van der Waals surface area contributed by atoms with E-state index in [2.05, 4.69) is 21.2 Å². The lowest BCUT2D eigenvalue weighted by atomic mass is 10.1. The molecule has 3 nitrogen and oxygen atoms in total. The predicted octanol–water partition coefficient (Wildman–Crippen LogP) is 4.18. The molecule has 2 aromatic rings. The van der Waals surface area contributed by atoms with E-state index >= 15 is 0 Å². The van der Waals surface area contributed by atoms with E-state index in [0.717, 1.165) is 10.0 Å². The number of nitrogens with two attached hydrogens (primary N) is 1. The standard InChI is InChI=1S/C15H14BrClN2O/c1-9(11-4-2-3-5-12(11)16)19-15(20)10-6-7-13(17)14(18)8-10/h2-9H,18H2,1H3,(H,19,20). The van der Waals surface area contributed by atoms with Gasteiger partial charge >= 0.3 is 0 Å². The second kappa shape index (κ2) is 6.29. The molecule has 0 aromatic heterocycles. The molecule has 0 spiro atoms. The van der Waals surface area contributed by atoms with E-state index < -0.39 is 0 Å². The summed E-state index contributed by atoms with van der Waals surface area (Å²) in [6.07, 6.45) is 0. The first-order chi connectivity index (χ1) is 9.49. The Morgan fingerprint density at radius 1 is 1.30 bits per heavy atom. The summed E-state index contributed by atoms with van der Waals surface area (Å²) in [5.74, 6) is -0.184. The number of anilines is 1. The molecule has 0 saturated carbocycles. The van der Waals surface area contributed by atoms with Gasteiger partial charge in [0.2, 0.25) is 0 Å². The zero-order chi connectivity index (χ0) is 14.7. The zero-order valence-electron chi connectivity index (χ0n) is 10.9. The molecule has 3 N–H and O–H groups in total. The van der Waals surface area contributed by atoms with Crippen molar-refractivity contribution in [3.05, 3.63) is 63.1 Å². The molecule has 0 aliphatic rings. The minimum atomic E-state index is -0.184. The Labute approximate surface area is 131 Å². The lowest BCUT2D eigenvalue weighted by molar-refractivity contribution is 0.0940. The second-order valence-electron chi connectivity index (χ2n) is 4.45. The van der Waals surface area contributed by atoms with Gasteiger partial charge in [0.05, 0.1) is 16.8 Å². The first-order valence-corrected chi connectivity index (χ1v) is 7.26. The van der Waals surface area contributed by atoms with Crippen LogP contribution in [0.5, 0.6) is 0 Å². The maximum absolute atomic E-state index is 12.2. The van der Waals surface area contributed by atoms with Crippen LogP contribution >= 0.6 is 27.5 Å². The van der Waals surface area contributed by atoms with E-state index in [1.54, 1.807) is 18.2 Å². The SMILES string of the molecule is CC(NC(=O)c1ccc(Cl)c(N)c1)c1ccccc1Br. The van der Waals surface area contributed by atoms with Crippen LogP contribution in [0.1, 0.15) is 28.9 Å². The molecule has 104 valence electrons. The maximum atomic E-state index is 12.2. The normalized spacial score (nSPS) is 11.9. The Hall–Kier alpha value is -1.52. The molecule has 0 aliphatic heterocycles. The lowest BCUT2D eigenvalue weighted by Crippen LogP contribution is -2.26. The van der Waals surface area contributed by atoms with E-state index in [9.17, 15) is 4.79 Å². The lowest BCUT2D eigenvalue weighted by Gasteiger charge is -2.16. The third-order valence-electron chi connectivity index (χ3n) is 2.98. The van der Waals surface area contributed by atoms with Crippen molar-refractivity contribution in [3.8, 4) is 0 Å². The van der Waals surface area contributed by atoms with E-state index in [1.807, 2.05) is 31.2 Å². The number of nitrogen functional groups attached to an aromatic ring is 1. The third kappa shape index (κ3) is 3.32. The number of carbonyl (C=O) groups excluding carboxylic acids is 1. The Bertz CT molecular complexity index is 646. The number of nitrogens with one attached hydrogen (secondary N) is 1. The van der Waals surface area contributed by atoms with Gasteiger partial charge in [0.25, 0.3) is 5.91 Å². The molecule has 1 amide bonds. The molecule has 5 heteroatoms. The highest BCUT2D eigenvalue weighted by Crippen LogP contribution is 2.24. The first kappa shape index (κ1) is 14.9. The van der Waals surface area contributed by atoms with Crippen LogP contribution in [0.25, 0.3) is 0 Å². The Morgan fingerprint density at radius 3 is 2.65 bits per heavy atom. The van der Waals surface area contributed by atoms with Gasteiger partial charge in [0.15, 0.2) is 0 Å². The molecule has 0 aliphatic carbocycles. The zero-order valence-corrected chi connectivity index (χ0v) is 13.2. The van der Waals surface area contributed by atoms with Gasteiger partial charge in [-0.2, -0.15) is 0 Å². The van der Waals surface area contributed by atoms with Crippen LogP contribution in [-0.2, 0) is 0 Å². The molecule has 2 aromatic carbocycles. The van der Waals surface area contributed by atoms with Crippen LogP contribution < -0.4 is 11.1 Å². The minimum Gasteiger partial charge on any atom is -0.398 e. The van der Waals surface area contributed by atoms with E-state index in [-0.39, 0.29) is 11.9 Å². The molecule has 0 bridgehead atoms. The van der Waals surface area contributed by atoms with Gasteiger partial charge in [-0.25, -0.2) is 0 Å². The monoisotopic (exact) mass is 352 g/mol. The number of rotatable bonds is 3. The molecular weight excluding hydrogens is 340 g/mol. The van der Waals surface area contributed by atoms with Crippen molar-refractivity contribution >= 4 is 39.1 Å². The van der Waals surface area contributed by atoms with Gasteiger partial charge < -0.3 is 11.1 Å². The summed E-state index contributed by atoms with van der Waals surface area (Å²) in [5, 5.41) is 3.38. The maximum Gasteiger partial charge on any atom is 0.251 e. The van der Waals surface area contributed by atoms with E-state index in [0.29, 0.717) is 16.3 Å². The molecule has 2 rings (SSSR count).